The smallest absolute Gasteiger partial charge is 0.329 e. The van der Waals surface area contributed by atoms with Crippen molar-refractivity contribution in [1.82, 2.24) is 10.7 Å². The molecule has 25 heavy (non-hydrogen) atoms. The van der Waals surface area contributed by atoms with Crippen LogP contribution in [0, 0.1) is 0 Å². The summed E-state index contributed by atoms with van der Waals surface area (Å²) in [4.78, 5) is 23.4. The van der Waals surface area contributed by atoms with Crippen molar-refractivity contribution >= 4 is 41.2 Å². The number of halogens is 2. The molecule has 0 atom stereocenters. The quantitative estimate of drug-likeness (QED) is 0.476. The number of hydrazone groups is 1. The number of nitrogens with zero attached hydrogens (tertiary/aromatic N) is 1. The minimum absolute atomic E-state index is 0.215. The minimum atomic E-state index is -0.871. The van der Waals surface area contributed by atoms with Crippen LogP contribution < -0.4 is 15.5 Å². The predicted octanol–water partition coefficient (Wildman–Crippen LogP) is 2.77. The Morgan fingerprint density at radius 1 is 1.08 bits per heavy atom. The van der Waals surface area contributed by atoms with E-state index in [1.807, 2.05) is 0 Å². The lowest BCUT2D eigenvalue weighted by molar-refractivity contribution is -0.139. The standard InChI is InChI=1S/C17H15Cl2N3O3/c1-25-13-5-2-11(3-6-13)9-20-16(23)17(24)22-21-10-12-4-7-14(18)15(19)8-12/h2-8,10H,9H2,1H3,(H,20,23)(H,22,24)/b21-10-. The van der Waals surface area contributed by atoms with Crippen LogP contribution in [0.5, 0.6) is 5.75 Å². The van der Waals surface area contributed by atoms with Crippen LogP contribution in [-0.4, -0.2) is 25.1 Å². The molecule has 2 aromatic carbocycles. The summed E-state index contributed by atoms with van der Waals surface area (Å²) in [7, 11) is 1.57. The molecule has 0 fully saturated rings. The number of carbonyl (C=O) groups is 2. The zero-order valence-corrected chi connectivity index (χ0v) is 14.8. The number of hydrogen-bond donors (Lipinski definition) is 2. The van der Waals surface area contributed by atoms with Gasteiger partial charge in [-0.15, -0.1) is 0 Å². The predicted molar refractivity (Wildman–Crippen MR) is 97.0 cm³/mol. The SMILES string of the molecule is COc1ccc(CNC(=O)C(=O)N/N=C\c2ccc(Cl)c(Cl)c2)cc1. The van der Waals surface area contributed by atoms with E-state index in [1.165, 1.54) is 6.21 Å². The summed E-state index contributed by atoms with van der Waals surface area (Å²) in [5.74, 6) is -0.948. The highest BCUT2D eigenvalue weighted by molar-refractivity contribution is 6.42. The highest BCUT2D eigenvalue weighted by Gasteiger charge is 2.11. The van der Waals surface area contributed by atoms with E-state index in [-0.39, 0.29) is 6.54 Å². The summed E-state index contributed by atoms with van der Waals surface area (Å²) in [5, 5.41) is 6.99. The molecule has 0 radical (unpaired) electrons. The first-order valence-electron chi connectivity index (χ1n) is 7.19. The Kier molecular flexibility index (Phi) is 6.80. The molecule has 0 unspecified atom stereocenters. The van der Waals surface area contributed by atoms with Crippen LogP contribution in [0.25, 0.3) is 0 Å². The fourth-order valence-electron chi connectivity index (χ4n) is 1.81. The van der Waals surface area contributed by atoms with Gasteiger partial charge in [-0.3, -0.25) is 9.59 Å². The molecule has 2 N–H and O–H groups in total. The third-order valence-corrected chi connectivity index (χ3v) is 3.88. The number of carbonyl (C=O) groups excluding carboxylic acids is 2. The molecule has 2 amide bonds. The second-order valence-corrected chi connectivity index (χ2v) is 5.72. The Hall–Kier alpha value is -2.57. The Balaban J connectivity index is 1.82. The monoisotopic (exact) mass is 379 g/mol. The lowest BCUT2D eigenvalue weighted by Crippen LogP contribution is -2.37. The van der Waals surface area contributed by atoms with Gasteiger partial charge >= 0.3 is 11.8 Å². The summed E-state index contributed by atoms with van der Waals surface area (Å²) in [6.45, 7) is 0.215. The van der Waals surface area contributed by atoms with Crippen LogP contribution in [0.1, 0.15) is 11.1 Å². The highest BCUT2D eigenvalue weighted by Crippen LogP contribution is 2.21. The van der Waals surface area contributed by atoms with Gasteiger partial charge in [-0.2, -0.15) is 5.10 Å². The van der Waals surface area contributed by atoms with Crippen molar-refractivity contribution < 1.29 is 14.3 Å². The largest absolute Gasteiger partial charge is 0.497 e. The Labute approximate surface area is 154 Å². The van der Waals surface area contributed by atoms with Gasteiger partial charge in [-0.25, -0.2) is 5.43 Å². The van der Waals surface area contributed by atoms with E-state index < -0.39 is 11.8 Å². The Morgan fingerprint density at radius 3 is 2.44 bits per heavy atom. The molecule has 0 aliphatic carbocycles. The number of ether oxygens (including phenoxy) is 1. The van der Waals surface area contributed by atoms with Gasteiger partial charge < -0.3 is 10.1 Å². The lowest BCUT2D eigenvalue weighted by atomic mass is 10.2. The van der Waals surface area contributed by atoms with E-state index in [0.717, 1.165) is 5.56 Å². The van der Waals surface area contributed by atoms with Crippen LogP contribution in [-0.2, 0) is 16.1 Å². The van der Waals surface area contributed by atoms with Gasteiger partial charge in [-0.05, 0) is 35.4 Å². The molecule has 0 heterocycles. The van der Waals surface area contributed by atoms with Gasteiger partial charge in [0, 0.05) is 6.54 Å². The number of rotatable bonds is 5. The Morgan fingerprint density at radius 2 is 1.80 bits per heavy atom. The first-order valence-corrected chi connectivity index (χ1v) is 7.94. The van der Waals surface area contributed by atoms with Crippen LogP contribution in [0.15, 0.2) is 47.6 Å². The van der Waals surface area contributed by atoms with Gasteiger partial charge in [-0.1, -0.05) is 41.4 Å². The van der Waals surface area contributed by atoms with Crippen LogP contribution in [0.2, 0.25) is 10.0 Å². The summed E-state index contributed by atoms with van der Waals surface area (Å²) in [5.41, 5.74) is 3.61. The molecule has 0 saturated carbocycles. The molecule has 130 valence electrons. The third-order valence-electron chi connectivity index (χ3n) is 3.14. The van der Waals surface area contributed by atoms with Crippen molar-refractivity contribution in [3.05, 3.63) is 63.6 Å². The van der Waals surface area contributed by atoms with E-state index >= 15 is 0 Å². The summed E-state index contributed by atoms with van der Waals surface area (Å²) in [6.07, 6.45) is 1.36. The van der Waals surface area contributed by atoms with Crippen molar-refractivity contribution in [2.24, 2.45) is 5.10 Å². The molecule has 0 bridgehead atoms. The highest BCUT2D eigenvalue weighted by atomic mass is 35.5. The summed E-state index contributed by atoms with van der Waals surface area (Å²) >= 11 is 11.7. The van der Waals surface area contributed by atoms with E-state index in [0.29, 0.717) is 21.4 Å². The lowest BCUT2D eigenvalue weighted by Gasteiger charge is -2.05. The maximum Gasteiger partial charge on any atom is 0.329 e. The van der Waals surface area contributed by atoms with E-state index in [9.17, 15) is 9.59 Å². The minimum Gasteiger partial charge on any atom is -0.497 e. The molecular weight excluding hydrogens is 365 g/mol. The van der Waals surface area contributed by atoms with Gasteiger partial charge in [0.05, 0.1) is 23.4 Å². The molecule has 0 aliphatic rings. The average molecular weight is 380 g/mol. The zero-order valence-electron chi connectivity index (χ0n) is 13.3. The molecule has 0 spiro atoms. The molecular formula is C17H15Cl2N3O3. The normalized spacial score (nSPS) is 10.5. The van der Waals surface area contributed by atoms with Crippen LogP contribution in [0.4, 0.5) is 0 Å². The summed E-state index contributed by atoms with van der Waals surface area (Å²) < 4.78 is 5.04. The summed E-state index contributed by atoms with van der Waals surface area (Å²) in [6, 6.07) is 12.0. The van der Waals surface area contributed by atoms with Crippen molar-refractivity contribution in [3.8, 4) is 5.75 Å². The third kappa shape index (κ3) is 5.77. The first kappa shape index (κ1) is 18.8. The molecule has 0 aromatic heterocycles. The molecule has 2 aromatic rings. The molecule has 2 rings (SSSR count). The number of hydrogen-bond acceptors (Lipinski definition) is 4. The molecule has 8 heteroatoms. The van der Waals surface area contributed by atoms with Crippen LogP contribution in [0.3, 0.4) is 0 Å². The second-order valence-electron chi connectivity index (χ2n) is 4.90. The van der Waals surface area contributed by atoms with Gasteiger partial charge in [0.25, 0.3) is 0 Å². The topological polar surface area (TPSA) is 79.8 Å². The average Bonchev–Trinajstić information content (AvgIpc) is 2.63. The van der Waals surface area contributed by atoms with Gasteiger partial charge in [0.15, 0.2) is 0 Å². The number of amides is 2. The number of methoxy groups -OCH3 is 1. The van der Waals surface area contributed by atoms with Gasteiger partial charge in [0.1, 0.15) is 5.75 Å². The Bertz CT molecular complexity index is 792. The zero-order chi connectivity index (χ0) is 18.2. The molecule has 0 saturated heterocycles. The van der Waals surface area contributed by atoms with Crippen molar-refractivity contribution in [2.75, 3.05) is 7.11 Å². The van der Waals surface area contributed by atoms with E-state index in [2.05, 4.69) is 15.8 Å². The fourth-order valence-corrected chi connectivity index (χ4v) is 2.12. The maximum atomic E-state index is 11.7. The van der Waals surface area contributed by atoms with Gasteiger partial charge in [0.2, 0.25) is 0 Å². The van der Waals surface area contributed by atoms with E-state index in [1.54, 1.807) is 49.6 Å². The number of nitrogens with one attached hydrogen (secondary N) is 2. The molecule has 6 nitrogen and oxygen atoms in total. The molecule has 0 aliphatic heterocycles. The van der Waals surface area contributed by atoms with Crippen molar-refractivity contribution in [1.29, 1.82) is 0 Å². The van der Waals surface area contributed by atoms with Crippen LogP contribution >= 0.6 is 23.2 Å². The second kappa shape index (κ2) is 9.05. The van der Waals surface area contributed by atoms with E-state index in [4.69, 9.17) is 27.9 Å². The first-order chi connectivity index (χ1) is 12.0. The number of benzene rings is 2. The van der Waals surface area contributed by atoms with Crippen molar-refractivity contribution in [2.45, 2.75) is 6.54 Å². The maximum absolute atomic E-state index is 11.7. The van der Waals surface area contributed by atoms with Crippen molar-refractivity contribution in [3.63, 3.8) is 0 Å². The fraction of sp³-hybridized carbons (Fsp3) is 0.118.